The van der Waals surface area contributed by atoms with Crippen LogP contribution in [0.2, 0.25) is 10.0 Å². The molecule has 3 nitrogen and oxygen atoms in total. The molecule has 0 aliphatic carbocycles. The largest absolute Gasteiger partial charge is 0.385 e. The lowest BCUT2D eigenvalue weighted by molar-refractivity contribution is 0.832. The van der Waals surface area contributed by atoms with Crippen LogP contribution in [0.1, 0.15) is 11.4 Å². The standard InChI is InChI=1S/C12H9Cl2N3/c13-8-3-1-2-7(11(8)14)12-16-9-4-5-15-6-10(9)17-12/h1-5,15H,6H2,(H,16,17). The molecule has 0 saturated carbocycles. The molecule has 0 atom stereocenters. The predicted octanol–water partition coefficient (Wildman–Crippen LogP) is 3.46. The van der Waals surface area contributed by atoms with Gasteiger partial charge in [-0.3, -0.25) is 0 Å². The molecule has 2 N–H and O–H groups in total. The van der Waals surface area contributed by atoms with Crippen molar-refractivity contribution in [1.29, 1.82) is 0 Å². The predicted molar refractivity (Wildman–Crippen MR) is 69.9 cm³/mol. The average molecular weight is 266 g/mol. The van der Waals surface area contributed by atoms with E-state index in [1.54, 1.807) is 6.07 Å². The van der Waals surface area contributed by atoms with Crippen LogP contribution in [0.3, 0.4) is 0 Å². The Kier molecular flexibility index (Phi) is 2.57. The SMILES string of the molecule is Clc1cccc(-c2nc3c([nH]2)CNC=C3)c1Cl. The lowest BCUT2D eigenvalue weighted by Gasteiger charge is -2.04. The molecule has 0 radical (unpaired) electrons. The lowest BCUT2D eigenvalue weighted by Crippen LogP contribution is -2.09. The Balaban J connectivity index is 2.13. The Hall–Kier alpha value is -1.45. The third kappa shape index (κ3) is 1.81. The summed E-state index contributed by atoms with van der Waals surface area (Å²) in [7, 11) is 0. The normalized spacial score (nSPS) is 13.3. The van der Waals surface area contributed by atoms with Crippen molar-refractivity contribution in [3.8, 4) is 11.4 Å². The van der Waals surface area contributed by atoms with Crippen LogP contribution in [0.15, 0.2) is 24.4 Å². The Labute approximate surface area is 108 Å². The van der Waals surface area contributed by atoms with E-state index in [9.17, 15) is 0 Å². The molecule has 1 aromatic carbocycles. The zero-order chi connectivity index (χ0) is 11.8. The first-order chi connectivity index (χ1) is 8.25. The molecule has 1 aromatic heterocycles. The molecule has 0 spiro atoms. The zero-order valence-electron chi connectivity index (χ0n) is 8.80. The summed E-state index contributed by atoms with van der Waals surface area (Å²) in [5.41, 5.74) is 2.82. The van der Waals surface area contributed by atoms with Crippen LogP contribution < -0.4 is 5.32 Å². The first-order valence-corrected chi connectivity index (χ1v) is 5.94. The quantitative estimate of drug-likeness (QED) is 0.829. The minimum absolute atomic E-state index is 0.525. The van der Waals surface area contributed by atoms with Crippen LogP contribution in [0.5, 0.6) is 0 Å². The fourth-order valence-electron chi connectivity index (χ4n) is 1.81. The molecule has 86 valence electrons. The first-order valence-electron chi connectivity index (χ1n) is 5.19. The molecule has 0 bridgehead atoms. The molecule has 1 aliphatic rings. The van der Waals surface area contributed by atoms with Crippen molar-refractivity contribution in [2.45, 2.75) is 6.54 Å². The van der Waals surface area contributed by atoms with Gasteiger partial charge in [0.15, 0.2) is 0 Å². The van der Waals surface area contributed by atoms with E-state index in [0.29, 0.717) is 10.0 Å². The summed E-state index contributed by atoms with van der Waals surface area (Å²) in [6.07, 6.45) is 3.81. The van der Waals surface area contributed by atoms with E-state index in [1.807, 2.05) is 24.4 Å². The minimum atomic E-state index is 0.525. The van der Waals surface area contributed by atoms with Gasteiger partial charge in [0, 0.05) is 5.56 Å². The van der Waals surface area contributed by atoms with Crippen molar-refractivity contribution in [2.75, 3.05) is 0 Å². The number of hydrogen-bond acceptors (Lipinski definition) is 2. The summed E-state index contributed by atoms with van der Waals surface area (Å²) in [6.45, 7) is 0.747. The molecule has 17 heavy (non-hydrogen) atoms. The maximum Gasteiger partial charge on any atom is 0.139 e. The van der Waals surface area contributed by atoms with E-state index in [2.05, 4.69) is 15.3 Å². The maximum atomic E-state index is 6.17. The van der Waals surface area contributed by atoms with Crippen molar-refractivity contribution in [1.82, 2.24) is 15.3 Å². The second-order valence-corrected chi connectivity index (χ2v) is 4.55. The molecule has 0 fully saturated rings. The van der Waals surface area contributed by atoms with Crippen molar-refractivity contribution in [3.05, 3.63) is 45.8 Å². The molecule has 2 heterocycles. The van der Waals surface area contributed by atoms with Crippen LogP contribution in [0, 0.1) is 0 Å². The smallest absolute Gasteiger partial charge is 0.139 e. The maximum absolute atomic E-state index is 6.17. The van der Waals surface area contributed by atoms with E-state index < -0.39 is 0 Å². The summed E-state index contributed by atoms with van der Waals surface area (Å²) in [4.78, 5) is 7.75. The molecule has 0 unspecified atom stereocenters. The van der Waals surface area contributed by atoms with E-state index in [4.69, 9.17) is 23.2 Å². The number of H-pyrrole nitrogens is 1. The second kappa shape index (κ2) is 4.09. The van der Waals surface area contributed by atoms with E-state index in [-0.39, 0.29) is 0 Å². The van der Waals surface area contributed by atoms with Crippen LogP contribution in [-0.2, 0) is 6.54 Å². The van der Waals surface area contributed by atoms with Gasteiger partial charge in [-0.1, -0.05) is 29.3 Å². The highest BCUT2D eigenvalue weighted by molar-refractivity contribution is 6.43. The number of imidazole rings is 1. The monoisotopic (exact) mass is 265 g/mol. The van der Waals surface area contributed by atoms with Gasteiger partial charge in [0.25, 0.3) is 0 Å². The lowest BCUT2D eigenvalue weighted by atomic mass is 10.2. The molecule has 2 aromatic rings. The molecular weight excluding hydrogens is 257 g/mol. The third-order valence-corrected chi connectivity index (χ3v) is 3.47. The summed E-state index contributed by atoms with van der Waals surface area (Å²) >= 11 is 12.2. The van der Waals surface area contributed by atoms with Gasteiger partial charge in [0.2, 0.25) is 0 Å². The topological polar surface area (TPSA) is 40.7 Å². The Morgan fingerprint density at radius 3 is 2.94 bits per heavy atom. The Bertz CT molecular complexity index is 602. The van der Waals surface area contributed by atoms with Gasteiger partial charge in [-0.2, -0.15) is 0 Å². The molecule has 0 saturated heterocycles. The number of aromatic amines is 1. The van der Waals surface area contributed by atoms with Gasteiger partial charge < -0.3 is 10.3 Å². The number of fused-ring (bicyclic) bond motifs is 1. The van der Waals surface area contributed by atoms with Crippen molar-refractivity contribution < 1.29 is 0 Å². The van der Waals surface area contributed by atoms with Crippen molar-refractivity contribution in [3.63, 3.8) is 0 Å². The fraction of sp³-hybridized carbons (Fsp3) is 0.0833. The summed E-state index contributed by atoms with van der Waals surface area (Å²) < 4.78 is 0. The fourth-order valence-corrected chi connectivity index (χ4v) is 2.20. The summed E-state index contributed by atoms with van der Waals surface area (Å²) in [5.74, 6) is 0.746. The zero-order valence-corrected chi connectivity index (χ0v) is 10.3. The van der Waals surface area contributed by atoms with Gasteiger partial charge >= 0.3 is 0 Å². The van der Waals surface area contributed by atoms with Crippen LogP contribution >= 0.6 is 23.2 Å². The van der Waals surface area contributed by atoms with E-state index in [0.717, 1.165) is 29.3 Å². The highest BCUT2D eigenvalue weighted by Crippen LogP contribution is 2.32. The van der Waals surface area contributed by atoms with Crippen LogP contribution in [0.25, 0.3) is 17.5 Å². The van der Waals surface area contributed by atoms with E-state index >= 15 is 0 Å². The van der Waals surface area contributed by atoms with Gasteiger partial charge in [0.05, 0.1) is 28.0 Å². The number of nitrogens with one attached hydrogen (secondary N) is 2. The molecule has 5 heteroatoms. The number of hydrogen-bond donors (Lipinski definition) is 2. The molecule has 0 amide bonds. The molecule has 1 aliphatic heterocycles. The minimum Gasteiger partial charge on any atom is -0.385 e. The number of benzene rings is 1. The Morgan fingerprint density at radius 2 is 2.12 bits per heavy atom. The number of rotatable bonds is 1. The third-order valence-electron chi connectivity index (χ3n) is 2.66. The highest BCUT2D eigenvalue weighted by Gasteiger charge is 2.14. The first kappa shape index (κ1) is 10.7. The van der Waals surface area contributed by atoms with Gasteiger partial charge in [-0.05, 0) is 24.4 Å². The Morgan fingerprint density at radius 1 is 1.24 bits per heavy atom. The number of aromatic nitrogens is 2. The van der Waals surface area contributed by atoms with Crippen molar-refractivity contribution in [2.24, 2.45) is 0 Å². The van der Waals surface area contributed by atoms with Crippen LogP contribution in [-0.4, -0.2) is 9.97 Å². The summed E-state index contributed by atoms with van der Waals surface area (Å²) in [6, 6.07) is 5.52. The van der Waals surface area contributed by atoms with Crippen molar-refractivity contribution >= 4 is 29.3 Å². The highest BCUT2D eigenvalue weighted by atomic mass is 35.5. The molecular formula is C12H9Cl2N3. The second-order valence-electron chi connectivity index (χ2n) is 3.76. The molecule has 3 rings (SSSR count). The van der Waals surface area contributed by atoms with Gasteiger partial charge in [0.1, 0.15) is 5.82 Å². The number of nitrogens with zero attached hydrogens (tertiary/aromatic N) is 1. The van der Waals surface area contributed by atoms with Gasteiger partial charge in [-0.15, -0.1) is 0 Å². The van der Waals surface area contributed by atoms with Gasteiger partial charge in [-0.25, -0.2) is 4.98 Å². The average Bonchev–Trinajstić information content (AvgIpc) is 2.76. The number of halogens is 2. The summed E-state index contributed by atoms with van der Waals surface area (Å²) in [5, 5.41) is 4.18. The van der Waals surface area contributed by atoms with E-state index in [1.165, 1.54) is 0 Å². The van der Waals surface area contributed by atoms with Crippen LogP contribution in [0.4, 0.5) is 0 Å².